The summed E-state index contributed by atoms with van der Waals surface area (Å²) in [5, 5.41) is 0. The summed E-state index contributed by atoms with van der Waals surface area (Å²) in [5.41, 5.74) is 1.29. The zero-order valence-corrected chi connectivity index (χ0v) is 15.8. The van der Waals surface area contributed by atoms with Crippen LogP contribution in [0.3, 0.4) is 0 Å². The molecule has 0 radical (unpaired) electrons. The topological polar surface area (TPSA) is 35.5 Å². The zero-order valence-electron chi connectivity index (χ0n) is 15.8. The van der Waals surface area contributed by atoms with Crippen molar-refractivity contribution < 1.29 is 27.4 Å². The highest BCUT2D eigenvalue weighted by molar-refractivity contribution is 5.79. The Morgan fingerprint density at radius 1 is 1.00 bits per heavy atom. The summed E-state index contributed by atoms with van der Waals surface area (Å²) in [6, 6.07) is 10.2. The van der Waals surface area contributed by atoms with Crippen LogP contribution in [0, 0.1) is 5.92 Å². The lowest BCUT2D eigenvalue weighted by Crippen LogP contribution is -2.16. The van der Waals surface area contributed by atoms with E-state index in [1.165, 1.54) is 26.4 Å². The van der Waals surface area contributed by atoms with Gasteiger partial charge in [0.05, 0.1) is 25.7 Å². The van der Waals surface area contributed by atoms with Crippen LogP contribution in [-0.2, 0) is 15.7 Å². The van der Waals surface area contributed by atoms with Crippen LogP contribution in [0.1, 0.15) is 37.3 Å². The summed E-state index contributed by atoms with van der Waals surface area (Å²) >= 11 is 0. The first kappa shape index (κ1) is 20.8. The highest BCUT2D eigenvalue weighted by Crippen LogP contribution is 2.35. The number of hydrogen-bond acceptors (Lipinski definition) is 3. The fourth-order valence-corrected chi connectivity index (χ4v) is 2.94. The zero-order chi connectivity index (χ0) is 20.2. The summed E-state index contributed by atoms with van der Waals surface area (Å²) in [6.45, 7) is 4.01. The molecule has 0 aliphatic rings. The largest absolute Gasteiger partial charge is 0.497 e. The number of alkyl halides is 3. The molecule has 0 aromatic heterocycles. The molecular weight excluding hydrogens is 357 g/mol. The van der Waals surface area contributed by atoms with Crippen LogP contribution in [0.2, 0.25) is 0 Å². The van der Waals surface area contributed by atoms with E-state index in [-0.39, 0.29) is 11.9 Å². The van der Waals surface area contributed by atoms with Gasteiger partial charge < -0.3 is 9.47 Å². The average Bonchev–Trinajstić information content (AvgIpc) is 2.64. The number of carbonyl (C=O) groups excluding carboxylic acids is 1. The van der Waals surface area contributed by atoms with Crippen molar-refractivity contribution in [1.82, 2.24) is 0 Å². The predicted octanol–water partition coefficient (Wildman–Crippen LogP) is 5.68. The number of ether oxygens (including phenoxy) is 2. The first-order valence-corrected chi connectivity index (χ1v) is 8.60. The lowest BCUT2D eigenvalue weighted by molar-refractivity contribution is -0.143. The van der Waals surface area contributed by atoms with Crippen LogP contribution in [-0.4, -0.2) is 20.2 Å². The Morgan fingerprint density at radius 2 is 1.63 bits per heavy atom. The van der Waals surface area contributed by atoms with Crippen molar-refractivity contribution in [3.63, 3.8) is 0 Å². The van der Waals surface area contributed by atoms with E-state index >= 15 is 0 Å². The standard InChI is InChI=1S/C21H23F3O3/c1-13(2)9-19(20(25)27-4)16-10-15(11-18(12-16)26-3)14-5-7-17(8-6-14)21(22,23)24/h5-8,10-13,19H,9H2,1-4H3. The van der Waals surface area contributed by atoms with Gasteiger partial charge in [-0.2, -0.15) is 13.2 Å². The summed E-state index contributed by atoms with van der Waals surface area (Å²) in [5.74, 6) is -0.0384. The molecular formula is C21H23F3O3. The Bertz CT molecular complexity index is 780. The summed E-state index contributed by atoms with van der Waals surface area (Å²) in [4.78, 5) is 12.3. The van der Waals surface area contributed by atoms with Gasteiger partial charge in [-0.3, -0.25) is 4.79 Å². The minimum absolute atomic E-state index is 0.259. The molecule has 0 aliphatic heterocycles. The molecule has 0 aliphatic carbocycles. The lowest BCUT2D eigenvalue weighted by atomic mass is 9.88. The fraction of sp³-hybridized carbons (Fsp3) is 0.381. The van der Waals surface area contributed by atoms with Gasteiger partial charge in [0.15, 0.2) is 0 Å². The number of methoxy groups -OCH3 is 2. The molecule has 2 aromatic rings. The third kappa shape index (κ3) is 5.25. The second-order valence-corrected chi connectivity index (χ2v) is 6.78. The Balaban J connectivity index is 2.49. The minimum Gasteiger partial charge on any atom is -0.497 e. The number of esters is 1. The number of rotatable bonds is 6. The highest BCUT2D eigenvalue weighted by Gasteiger charge is 2.30. The van der Waals surface area contributed by atoms with Crippen LogP contribution in [0.15, 0.2) is 42.5 Å². The van der Waals surface area contributed by atoms with E-state index in [0.29, 0.717) is 28.9 Å². The van der Waals surface area contributed by atoms with E-state index in [1.807, 2.05) is 13.8 Å². The third-order valence-corrected chi connectivity index (χ3v) is 4.31. The van der Waals surface area contributed by atoms with Crippen molar-refractivity contribution in [1.29, 1.82) is 0 Å². The Hall–Kier alpha value is -2.50. The first-order valence-electron chi connectivity index (χ1n) is 8.60. The normalized spacial score (nSPS) is 12.7. The number of hydrogen-bond donors (Lipinski definition) is 0. The van der Waals surface area contributed by atoms with E-state index in [9.17, 15) is 18.0 Å². The second kappa shape index (κ2) is 8.46. The van der Waals surface area contributed by atoms with Gasteiger partial charge in [0.25, 0.3) is 0 Å². The lowest BCUT2D eigenvalue weighted by Gasteiger charge is -2.19. The Labute approximate surface area is 157 Å². The van der Waals surface area contributed by atoms with Crippen molar-refractivity contribution >= 4 is 5.97 Å². The SMILES string of the molecule is COC(=O)C(CC(C)C)c1cc(OC)cc(-c2ccc(C(F)(F)F)cc2)c1. The first-order chi connectivity index (χ1) is 12.7. The molecule has 0 amide bonds. The summed E-state index contributed by atoms with van der Waals surface area (Å²) < 4.78 is 48.6. The van der Waals surface area contributed by atoms with Gasteiger partial charge >= 0.3 is 12.1 Å². The van der Waals surface area contributed by atoms with Crippen LogP contribution in [0.5, 0.6) is 5.75 Å². The molecule has 0 bridgehead atoms. The molecule has 2 rings (SSSR count). The van der Waals surface area contributed by atoms with Gasteiger partial charge in [0, 0.05) is 0 Å². The Kier molecular flexibility index (Phi) is 6.52. The summed E-state index contributed by atoms with van der Waals surface area (Å²) in [6.07, 6.45) is -3.79. The second-order valence-electron chi connectivity index (χ2n) is 6.78. The van der Waals surface area contributed by atoms with Crippen molar-refractivity contribution in [2.45, 2.75) is 32.4 Å². The highest BCUT2D eigenvalue weighted by atomic mass is 19.4. The molecule has 1 unspecified atom stereocenters. The van der Waals surface area contributed by atoms with Gasteiger partial charge in [-0.25, -0.2) is 0 Å². The molecule has 0 saturated heterocycles. The van der Waals surface area contributed by atoms with Crippen LogP contribution in [0.4, 0.5) is 13.2 Å². The maximum atomic E-state index is 12.8. The maximum absolute atomic E-state index is 12.8. The van der Waals surface area contributed by atoms with E-state index in [0.717, 1.165) is 12.1 Å². The molecule has 2 aromatic carbocycles. The van der Waals surface area contributed by atoms with E-state index in [1.54, 1.807) is 18.2 Å². The molecule has 0 N–H and O–H groups in total. The predicted molar refractivity (Wildman–Crippen MR) is 97.6 cm³/mol. The molecule has 0 spiro atoms. The van der Waals surface area contributed by atoms with Crippen LogP contribution >= 0.6 is 0 Å². The minimum atomic E-state index is -4.38. The number of carbonyl (C=O) groups is 1. The monoisotopic (exact) mass is 380 g/mol. The van der Waals surface area contributed by atoms with Gasteiger partial charge in [-0.05, 0) is 53.3 Å². The average molecular weight is 380 g/mol. The molecule has 3 nitrogen and oxygen atoms in total. The smallest absolute Gasteiger partial charge is 0.416 e. The van der Waals surface area contributed by atoms with Crippen molar-refractivity contribution in [2.24, 2.45) is 5.92 Å². The van der Waals surface area contributed by atoms with Crippen molar-refractivity contribution in [3.05, 3.63) is 53.6 Å². The molecule has 146 valence electrons. The van der Waals surface area contributed by atoms with Gasteiger partial charge in [0.2, 0.25) is 0 Å². The van der Waals surface area contributed by atoms with Gasteiger partial charge in [-0.1, -0.05) is 32.0 Å². The molecule has 1 atom stereocenters. The van der Waals surface area contributed by atoms with Crippen LogP contribution < -0.4 is 4.74 Å². The molecule has 0 saturated carbocycles. The number of benzene rings is 2. The molecule has 6 heteroatoms. The molecule has 0 fully saturated rings. The van der Waals surface area contributed by atoms with E-state index < -0.39 is 17.7 Å². The molecule has 27 heavy (non-hydrogen) atoms. The fourth-order valence-electron chi connectivity index (χ4n) is 2.94. The van der Waals surface area contributed by atoms with E-state index in [4.69, 9.17) is 9.47 Å². The van der Waals surface area contributed by atoms with Crippen molar-refractivity contribution in [3.8, 4) is 16.9 Å². The quantitative estimate of drug-likeness (QED) is 0.605. The number of halogens is 3. The molecule has 0 heterocycles. The maximum Gasteiger partial charge on any atom is 0.416 e. The van der Waals surface area contributed by atoms with E-state index in [2.05, 4.69) is 0 Å². The van der Waals surface area contributed by atoms with Gasteiger partial charge in [0.1, 0.15) is 5.75 Å². The van der Waals surface area contributed by atoms with Gasteiger partial charge in [-0.15, -0.1) is 0 Å². The summed E-state index contributed by atoms with van der Waals surface area (Å²) in [7, 11) is 2.85. The third-order valence-electron chi connectivity index (χ3n) is 4.31. The van der Waals surface area contributed by atoms with Crippen molar-refractivity contribution in [2.75, 3.05) is 14.2 Å². The van der Waals surface area contributed by atoms with Crippen LogP contribution in [0.25, 0.3) is 11.1 Å². The Morgan fingerprint density at radius 3 is 2.11 bits per heavy atom.